The third-order valence-electron chi connectivity index (χ3n) is 4.66. The van der Waals surface area contributed by atoms with Gasteiger partial charge >= 0.3 is 5.97 Å². The molecule has 0 unspecified atom stereocenters. The van der Waals surface area contributed by atoms with E-state index in [1.54, 1.807) is 36.4 Å². The summed E-state index contributed by atoms with van der Waals surface area (Å²) in [5.41, 5.74) is 6.26. The number of anilines is 1. The van der Waals surface area contributed by atoms with Gasteiger partial charge in [0.2, 0.25) is 0 Å². The van der Waals surface area contributed by atoms with Crippen LogP contribution < -0.4 is 15.8 Å². The van der Waals surface area contributed by atoms with E-state index in [0.717, 1.165) is 18.8 Å². The number of hydrogen-bond acceptors (Lipinski definition) is 6. The molecule has 0 aromatic heterocycles. The number of nitrogens with zero attached hydrogens (tertiary/aromatic N) is 1. The fraction of sp³-hybridized carbons (Fsp3) is 0.304. The molecule has 0 bridgehead atoms. The fourth-order valence-electron chi connectivity index (χ4n) is 2.86. The molecule has 0 saturated heterocycles. The zero-order chi connectivity index (χ0) is 23.5. The smallest absolute Gasteiger partial charge is 0.306 e. The Hall–Kier alpha value is -3.39. The number of hydrazine groups is 1. The van der Waals surface area contributed by atoms with Crippen LogP contribution in [0.25, 0.3) is 0 Å². The molecule has 0 saturated carbocycles. The van der Waals surface area contributed by atoms with E-state index in [1.165, 1.54) is 0 Å². The van der Waals surface area contributed by atoms with Gasteiger partial charge in [0.05, 0.1) is 6.42 Å². The van der Waals surface area contributed by atoms with E-state index in [-0.39, 0.29) is 18.6 Å². The summed E-state index contributed by atoms with van der Waals surface area (Å²) in [5.74, 6) is -2.12. The van der Waals surface area contributed by atoms with Gasteiger partial charge in [0.15, 0.2) is 12.4 Å². The predicted molar refractivity (Wildman–Crippen MR) is 122 cm³/mol. The number of esters is 1. The number of Topliss-reactive ketones (excluding diaryl/α,β-unsaturated/α-hetero) is 1. The molecule has 0 radical (unpaired) electrons. The lowest BCUT2D eigenvalue weighted by molar-refractivity contribution is -0.148. The van der Waals surface area contributed by atoms with Gasteiger partial charge < -0.3 is 9.64 Å². The van der Waals surface area contributed by atoms with Crippen LogP contribution in [0, 0.1) is 0 Å². The van der Waals surface area contributed by atoms with Crippen molar-refractivity contribution < 1.29 is 23.9 Å². The van der Waals surface area contributed by atoms with Crippen LogP contribution in [0.15, 0.2) is 48.5 Å². The molecule has 2 N–H and O–H groups in total. The van der Waals surface area contributed by atoms with Crippen molar-refractivity contribution in [3.05, 3.63) is 64.7 Å². The molecule has 9 heteroatoms. The molecule has 0 spiro atoms. The second-order valence-corrected chi connectivity index (χ2v) is 7.25. The maximum atomic E-state index is 12.1. The maximum absolute atomic E-state index is 12.1. The quantitative estimate of drug-likeness (QED) is 0.321. The van der Waals surface area contributed by atoms with Crippen LogP contribution in [0.1, 0.15) is 47.4 Å². The molecular formula is C23H26ClN3O5. The molecule has 0 atom stereocenters. The summed E-state index contributed by atoms with van der Waals surface area (Å²) in [6, 6.07) is 13.3. The van der Waals surface area contributed by atoms with Crippen molar-refractivity contribution in [1.82, 2.24) is 10.9 Å². The molecule has 0 aliphatic carbocycles. The molecule has 2 aromatic carbocycles. The van der Waals surface area contributed by atoms with E-state index in [1.807, 2.05) is 26.0 Å². The van der Waals surface area contributed by atoms with Gasteiger partial charge in [-0.1, -0.05) is 11.6 Å². The summed E-state index contributed by atoms with van der Waals surface area (Å²) < 4.78 is 4.83. The first kappa shape index (κ1) is 24.9. The minimum absolute atomic E-state index is 0.0533. The van der Waals surface area contributed by atoms with Crippen LogP contribution in [-0.2, 0) is 14.3 Å². The molecule has 0 aliphatic heterocycles. The summed E-state index contributed by atoms with van der Waals surface area (Å²) in [7, 11) is 0. The number of benzene rings is 2. The number of ketones is 1. The molecule has 2 aromatic rings. The fourth-order valence-corrected chi connectivity index (χ4v) is 2.99. The largest absolute Gasteiger partial charge is 0.455 e. The minimum atomic E-state index is -0.699. The molecule has 0 heterocycles. The van der Waals surface area contributed by atoms with Crippen molar-refractivity contribution in [3.63, 3.8) is 0 Å². The standard InChI is InChI=1S/C23H26ClN3O5/c1-3-27(4-2)19-11-7-17(8-12-19)23(31)26-25-21(29)15-32-22(30)14-13-20(28)16-5-9-18(24)10-6-16/h5-12H,3-4,13-15H2,1-2H3,(H,25,29)(H,26,31). The lowest BCUT2D eigenvalue weighted by Crippen LogP contribution is -2.43. The van der Waals surface area contributed by atoms with Crippen LogP contribution >= 0.6 is 11.6 Å². The van der Waals surface area contributed by atoms with Crippen LogP contribution in [0.5, 0.6) is 0 Å². The Morgan fingerprint density at radius 2 is 1.44 bits per heavy atom. The van der Waals surface area contributed by atoms with Gasteiger partial charge in [-0.15, -0.1) is 0 Å². The lowest BCUT2D eigenvalue weighted by Gasteiger charge is -2.21. The molecule has 0 fully saturated rings. The topological polar surface area (TPSA) is 105 Å². The number of carbonyl (C=O) groups is 4. The summed E-state index contributed by atoms with van der Waals surface area (Å²) in [5, 5.41) is 0.510. The number of carbonyl (C=O) groups excluding carboxylic acids is 4. The molecule has 2 amide bonds. The van der Waals surface area contributed by atoms with E-state index in [2.05, 4.69) is 15.8 Å². The number of nitrogens with one attached hydrogen (secondary N) is 2. The van der Waals surface area contributed by atoms with Gasteiger partial charge in [0.25, 0.3) is 11.8 Å². The summed E-state index contributed by atoms with van der Waals surface area (Å²) in [6.07, 6.45) is -0.220. The molecule has 0 aliphatic rings. The molecule has 8 nitrogen and oxygen atoms in total. The van der Waals surface area contributed by atoms with Gasteiger partial charge in [-0.3, -0.25) is 30.0 Å². The van der Waals surface area contributed by atoms with Crippen LogP contribution in [0.3, 0.4) is 0 Å². The lowest BCUT2D eigenvalue weighted by atomic mass is 10.1. The second kappa shape index (κ2) is 12.5. The number of ether oxygens (including phenoxy) is 1. The first-order chi connectivity index (χ1) is 15.3. The minimum Gasteiger partial charge on any atom is -0.455 e. The Labute approximate surface area is 191 Å². The van der Waals surface area contributed by atoms with Gasteiger partial charge in [0.1, 0.15) is 0 Å². The van der Waals surface area contributed by atoms with E-state index < -0.39 is 24.4 Å². The Kier molecular flexibility index (Phi) is 9.69. The number of halogens is 1. The highest BCUT2D eigenvalue weighted by Crippen LogP contribution is 2.15. The van der Waals surface area contributed by atoms with E-state index in [4.69, 9.17) is 16.3 Å². The normalized spacial score (nSPS) is 10.2. The zero-order valence-corrected chi connectivity index (χ0v) is 18.8. The average Bonchev–Trinajstić information content (AvgIpc) is 2.81. The second-order valence-electron chi connectivity index (χ2n) is 6.81. The maximum Gasteiger partial charge on any atom is 0.306 e. The number of amides is 2. The molecule has 170 valence electrons. The van der Waals surface area contributed by atoms with Crippen molar-refractivity contribution in [2.45, 2.75) is 26.7 Å². The number of rotatable bonds is 10. The number of hydrogen-bond donors (Lipinski definition) is 2. The van der Waals surface area contributed by atoms with Crippen molar-refractivity contribution in [3.8, 4) is 0 Å². The Morgan fingerprint density at radius 3 is 2.03 bits per heavy atom. The highest BCUT2D eigenvalue weighted by molar-refractivity contribution is 6.30. The van der Waals surface area contributed by atoms with Gasteiger partial charge in [-0.2, -0.15) is 0 Å². The van der Waals surface area contributed by atoms with Crippen molar-refractivity contribution in [1.29, 1.82) is 0 Å². The Morgan fingerprint density at radius 1 is 0.844 bits per heavy atom. The molecular weight excluding hydrogens is 434 g/mol. The predicted octanol–water partition coefficient (Wildman–Crippen LogP) is 3.15. The zero-order valence-electron chi connectivity index (χ0n) is 18.0. The summed E-state index contributed by atoms with van der Waals surface area (Å²) in [4.78, 5) is 49.9. The van der Waals surface area contributed by atoms with Gasteiger partial charge in [0, 0.05) is 41.3 Å². The average molecular weight is 460 g/mol. The van der Waals surface area contributed by atoms with E-state index in [9.17, 15) is 19.2 Å². The highest BCUT2D eigenvalue weighted by atomic mass is 35.5. The monoisotopic (exact) mass is 459 g/mol. The van der Waals surface area contributed by atoms with Gasteiger partial charge in [-0.05, 0) is 62.4 Å². The Balaban J connectivity index is 1.70. The molecule has 2 rings (SSSR count). The van der Waals surface area contributed by atoms with E-state index >= 15 is 0 Å². The first-order valence-electron chi connectivity index (χ1n) is 10.2. The van der Waals surface area contributed by atoms with Crippen molar-refractivity contribution in [2.24, 2.45) is 0 Å². The Bertz CT molecular complexity index is 941. The first-order valence-corrected chi connectivity index (χ1v) is 10.6. The van der Waals surface area contributed by atoms with Crippen LogP contribution in [0.2, 0.25) is 5.02 Å². The SMILES string of the molecule is CCN(CC)c1ccc(C(=O)NNC(=O)COC(=O)CCC(=O)c2ccc(Cl)cc2)cc1. The third-order valence-corrected chi connectivity index (χ3v) is 4.91. The van der Waals surface area contributed by atoms with Crippen LogP contribution in [-0.4, -0.2) is 43.3 Å². The van der Waals surface area contributed by atoms with Gasteiger partial charge in [-0.25, -0.2) is 0 Å². The third kappa shape index (κ3) is 7.70. The summed E-state index contributed by atoms with van der Waals surface area (Å²) in [6.45, 7) is 5.22. The van der Waals surface area contributed by atoms with Crippen molar-refractivity contribution in [2.75, 3.05) is 24.6 Å². The van der Waals surface area contributed by atoms with Crippen molar-refractivity contribution >= 4 is 40.9 Å². The van der Waals surface area contributed by atoms with Crippen LogP contribution in [0.4, 0.5) is 5.69 Å². The highest BCUT2D eigenvalue weighted by Gasteiger charge is 2.13. The summed E-state index contributed by atoms with van der Waals surface area (Å²) >= 11 is 5.77. The molecule has 32 heavy (non-hydrogen) atoms. The van der Waals surface area contributed by atoms with E-state index in [0.29, 0.717) is 16.1 Å².